The van der Waals surface area contributed by atoms with E-state index in [9.17, 15) is 13.2 Å². The molecule has 1 amide bonds. The maximum absolute atomic E-state index is 13.3. The zero-order valence-corrected chi connectivity index (χ0v) is 18.1. The van der Waals surface area contributed by atoms with Gasteiger partial charge < -0.3 is 9.47 Å². The first kappa shape index (κ1) is 20.5. The van der Waals surface area contributed by atoms with Crippen LogP contribution in [0.15, 0.2) is 29.2 Å². The van der Waals surface area contributed by atoms with E-state index in [-0.39, 0.29) is 16.4 Å². The number of piperidine rings is 1. The molecule has 0 saturated carbocycles. The second-order valence-electron chi connectivity index (χ2n) is 7.88. The number of nitrogens with zero attached hydrogens (tertiary/aromatic N) is 2. The lowest BCUT2D eigenvalue weighted by Gasteiger charge is -2.30. The molecule has 0 unspecified atom stereocenters. The average molecular weight is 404 g/mol. The number of benzene rings is 1. The monoisotopic (exact) mass is 403 g/mol. The number of carbonyl (C=O) groups excluding carboxylic acids is 1. The Bertz CT molecular complexity index is 1000. The van der Waals surface area contributed by atoms with Gasteiger partial charge in [0.05, 0.1) is 5.56 Å². The standard InChI is InChI=1S/C21H29N3O3S/c1-14-9-11-24(12-10-14)21(25)19-16(3)23(5)17(4)20(19)28(26,27)22-18-8-6-7-15(2)13-18/h6-8,13-14,22H,9-12H2,1-5H3. The lowest BCUT2D eigenvalue weighted by molar-refractivity contribution is 0.0692. The van der Waals surface area contributed by atoms with Crippen LogP contribution in [0.5, 0.6) is 0 Å². The average Bonchev–Trinajstić information content (AvgIpc) is 2.86. The Balaban J connectivity index is 2.03. The molecule has 7 heteroatoms. The van der Waals surface area contributed by atoms with Crippen LogP contribution < -0.4 is 4.72 Å². The van der Waals surface area contributed by atoms with Gasteiger partial charge in [0.2, 0.25) is 0 Å². The smallest absolute Gasteiger partial charge is 0.264 e. The molecule has 0 atom stereocenters. The number of nitrogens with one attached hydrogen (secondary N) is 1. The van der Waals surface area contributed by atoms with Crippen molar-refractivity contribution in [2.75, 3.05) is 17.8 Å². The fourth-order valence-electron chi connectivity index (χ4n) is 3.78. The molecule has 0 spiro atoms. The highest BCUT2D eigenvalue weighted by molar-refractivity contribution is 7.92. The van der Waals surface area contributed by atoms with Gasteiger partial charge in [0, 0.05) is 37.2 Å². The number of carbonyl (C=O) groups is 1. The molecule has 1 aromatic heterocycles. The third-order valence-corrected chi connectivity index (χ3v) is 7.29. The molecule has 3 rings (SSSR count). The summed E-state index contributed by atoms with van der Waals surface area (Å²) >= 11 is 0. The van der Waals surface area contributed by atoms with Crippen LogP contribution in [0.2, 0.25) is 0 Å². The molecule has 1 N–H and O–H groups in total. The van der Waals surface area contributed by atoms with Crippen molar-refractivity contribution in [3.05, 3.63) is 46.8 Å². The highest BCUT2D eigenvalue weighted by atomic mass is 32.2. The number of amides is 1. The van der Waals surface area contributed by atoms with Crippen LogP contribution in [-0.2, 0) is 17.1 Å². The third-order valence-electron chi connectivity index (χ3n) is 5.75. The van der Waals surface area contributed by atoms with Gasteiger partial charge >= 0.3 is 0 Å². The predicted octanol–water partition coefficient (Wildman–Crippen LogP) is 3.62. The van der Waals surface area contributed by atoms with E-state index in [0.717, 1.165) is 18.4 Å². The fourth-order valence-corrected chi connectivity index (χ4v) is 5.35. The number of hydrogen-bond donors (Lipinski definition) is 1. The van der Waals surface area contributed by atoms with Crippen molar-refractivity contribution in [2.45, 2.75) is 45.4 Å². The molecule has 0 radical (unpaired) electrons. The van der Waals surface area contributed by atoms with Gasteiger partial charge in [0.25, 0.3) is 15.9 Å². The lowest BCUT2D eigenvalue weighted by Crippen LogP contribution is -2.38. The van der Waals surface area contributed by atoms with Gasteiger partial charge in [-0.15, -0.1) is 0 Å². The number of hydrogen-bond acceptors (Lipinski definition) is 3. The van der Waals surface area contributed by atoms with Crippen molar-refractivity contribution in [1.29, 1.82) is 0 Å². The summed E-state index contributed by atoms with van der Waals surface area (Å²) in [6.45, 7) is 8.96. The van der Waals surface area contributed by atoms with Crippen LogP contribution in [0.1, 0.15) is 47.1 Å². The maximum Gasteiger partial charge on any atom is 0.264 e. The number of rotatable bonds is 4. The topological polar surface area (TPSA) is 71.4 Å². The summed E-state index contributed by atoms with van der Waals surface area (Å²) < 4.78 is 31.0. The molecule has 1 aromatic carbocycles. The van der Waals surface area contributed by atoms with Gasteiger partial charge in [-0.25, -0.2) is 8.42 Å². The second kappa shape index (κ2) is 7.62. The number of anilines is 1. The Labute approximate surface area is 167 Å². The molecule has 1 saturated heterocycles. The summed E-state index contributed by atoms with van der Waals surface area (Å²) in [6, 6.07) is 7.19. The predicted molar refractivity (Wildman–Crippen MR) is 111 cm³/mol. The fraction of sp³-hybridized carbons (Fsp3) is 0.476. The minimum Gasteiger partial charge on any atom is -0.350 e. The Hall–Kier alpha value is -2.28. The minimum atomic E-state index is -3.91. The van der Waals surface area contributed by atoms with Gasteiger partial charge in [0.1, 0.15) is 4.90 Å². The van der Waals surface area contributed by atoms with Crippen molar-refractivity contribution in [3.8, 4) is 0 Å². The Morgan fingerprint density at radius 3 is 2.36 bits per heavy atom. The largest absolute Gasteiger partial charge is 0.350 e. The molecule has 1 aliphatic heterocycles. The molecule has 6 nitrogen and oxygen atoms in total. The zero-order valence-electron chi connectivity index (χ0n) is 17.2. The van der Waals surface area contributed by atoms with Gasteiger partial charge in [-0.05, 0) is 57.2 Å². The van der Waals surface area contributed by atoms with E-state index in [1.54, 1.807) is 48.6 Å². The summed E-state index contributed by atoms with van der Waals surface area (Å²) in [7, 11) is -2.11. The van der Waals surface area contributed by atoms with Crippen LogP contribution in [0.25, 0.3) is 0 Å². The van der Waals surface area contributed by atoms with Gasteiger partial charge in [-0.1, -0.05) is 19.1 Å². The molecule has 28 heavy (non-hydrogen) atoms. The van der Waals surface area contributed by atoms with Crippen molar-refractivity contribution in [2.24, 2.45) is 13.0 Å². The second-order valence-corrected chi connectivity index (χ2v) is 9.50. The molecule has 1 aliphatic rings. The van der Waals surface area contributed by atoms with Crippen molar-refractivity contribution in [3.63, 3.8) is 0 Å². The molecular weight excluding hydrogens is 374 g/mol. The van der Waals surface area contributed by atoms with Crippen molar-refractivity contribution < 1.29 is 13.2 Å². The molecule has 0 aliphatic carbocycles. The SMILES string of the molecule is Cc1cccc(NS(=O)(=O)c2c(C(=O)N3CCC(C)CC3)c(C)n(C)c2C)c1. The van der Waals surface area contributed by atoms with Crippen LogP contribution >= 0.6 is 0 Å². The van der Waals surface area contributed by atoms with Crippen LogP contribution in [0.3, 0.4) is 0 Å². The summed E-state index contributed by atoms with van der Waals surface area (Å²) in [5.74, 6) is 0.395. The highest BCUT2D eigenvalue weighted by Gasteiger charge is 2.33. The van der Waals surface area contributed by atoms with E-state index in [1.807, 2.05) is 13.0 Å². The summed E-state index contributed by atoms with van der Waals surface area (Å²) in [4.78, 5) is 15.2. The highest BCUT2D eigenvalue weighted by Crippen LogP contribution is 2.30. The summed E-state index contributed by atoms with van der Waals surface area (Å²) in [5.41, 5.74) is 2.97. The first-order valence-electron chi connectivity index (χ1n) is 9.66. The van der Waals surface area contributed by atoms with Crippen LogP contribution in [0, 0.1) is 26.7 Å². The van der Waals surface area contributed by atoms with Crippen LogP contribution in [-0.4, -0.2) is 36.9 Å². The van der Waals surface area contributed by atoms with Gasteiger partial charge in [-0.3, -0.25) is 9.52 Å². The van der Waals surface area contributed by atoms with E-state index < -0.39 is 10.0 Å². The number of likely N-dealkylation sites (tertiary alicyclic amines) is 1. The molecule has 1 fully saturated rings. The molecular formula is C21H29N3O3S. The van der Waals surface area contributed by atoms with E-state index in [1.165, 1.54) is 0 Å². The Morgan fingerprint density at radius 2 is 1.75 bits per heavy atom. The summed E-state index contributed by atoms with van der Waals surface area (Å²) in [6.07, 6.45) is 1.89. The quantitative estimate of drug-likeness (QED) is 0.847. The van der Waals surface area contributed by atoms with E-state index in [0.29, 0.717) is 36.1 Å². The molecule has 2 heterocycles. The zero-order chi connectivity index (χ0) is 20.6. The molecule has 2 aromatic rings. The Morgan fingerprint density at radius 1 is 1.11 bits per heavy atom. The first-order chi connectivity index (χ1) is 13.1. The lowest BCUT2D eigenvalue weighted by atomic mass is 9.98. The normalized spacial score (nSPS) is 15.7. The summed E-state index contributed by atoms with van der Waals surface area (Å²) in [5, 5.41) is 0. The number of sulfonamides is 1. The molecule has 0 bridgehead atoms. The van der Waals surface area contributed by atoms with Crippen molar-refractivity contribution >= 4 is 21.6 Å². The van der Waals surface area contributed by atoms with E-state index in [4.69, 9.17) is 0 Å². The van der Waals surface area contributed by atoms with Gasteiger partial charge in [-0.2, -0.15) is 0 Å². The van der Waals surface area contributed by atoms with Gasteiger partial charge in [0.15, 0.2) is 0 Å². The Kier molecular flexibility index (Phi) is 5.57. The molecule has 152 valence electrons. The maximum atomic E-state index is 13.3. The van der Waals surface area contributed by atoms with Crippen LogP contribution in [0.4, 0.5) is 5.69 Å². The van der Waals surface area contributed by atoms with E-state index >= 15 is 0 Å². The number of aromatic nitrogens is 1. The first-order valence-corrected chi connectivity index (χ1v) is 11.1. The minimum absolute atomic E-state index is 0.0811. The third kappa shape index (κ3) is 3.81. The van der Waals surface area contributed by atoms with E-state index in [2.05, 4.69) is 11.6 Å². The van der Waals surface area contributed by atoms with Crippen molar-refractivity contribution in [1.82, 2.24) is 9.47 Å². The number of aryl methyl sites for hydroxylation is 1.